The van der Waals surface area contributed by atoms with E-state index in [1.54, 1.807) is 16.7 Å². The standard InChI is InChI=1S/C34H36F4N4O3S2/c1-4-40(5-2)18-19-41(20-24-6-10-26(11-7-24)27-12-14-28(15-13-27)34(36,37)38)31(22-43)42-21-30(47(3)45)32(44)39-33(42)46-23-25-8-16-29(35)17-9-25/h6-17,21-22,31H,4-5,18-20,23H2,1-3H3. The predicted octanol–water partition coefficient (Wildman–Crippen LogP) is 6.64. The lowest BCUT2D eigenvalue weighted by Crippen LogP contribution is -2.40. The van der Waals surface area contributed by atoms with E-state index in [-0.39, 0.29) is 15.9 Å². The minimum absolute atomic E-state index is 0.0347. The van der Waals surface area contributed by atoms with Crippen LogP contribution in [0.4, 0.5) is 17.6 Å². The van der Waals surface area contributed by atoms with Crippen LogP contribution in [0.3, 0.4) is 0 Å². The van der Waals surface area contributed by atoms with Gasteiger partial charge in [-0.25, -0.2) is 4.39 Å². The minimum atomic E-state index is -4.42. The number of thioether (sulfide) groups is 1. The molecule has 47 heavy (non-hydrogen) atoms. The van der Waals surface area contributed by atoms with Gasteiger partial charge in [0.05, 0.1) is 11.8 Å². The van der Waals surface area contributed by atoms with Gasteiger partial charge in [-0.3, -0.25) is 19.1 Å². The first kappa shape index (κ1) is 36.3. The van der Waals surface area contributed by atoms with Crippen molar-refractivity contribution < 1.29 is 26.9 Å². The smallest absolute Gasteiger partial charge is 0.416 e. The third-order valence-electron chi connectivity index (χ3n) is 7.74. The maximum absolute atomic E-state index is 13.5. The molecule has 4 rings (SSSR count). The molecule has 0 aliphatic carbocycles. The molecule has 7 nitrogen and oxygen atoms in total. The first-order chi connectivity index (χ1) is 22.4. The molecule has 0 amide bonds. The molecule has 0 spiro atoms. The second-order valence-corrected chi connectivity index (χ2v) is 13.1. The van der Waals surface area contributed by atoms with Crippen molar-refractivity contribution in [2.75, 3.05) is 32.4 Å². The molecular formula is C34H36F4N4O3S2. The van der Waals surface area contributed by atoms with Crippen LogP contribution in [0.1, 0.15) is 36.7 Å². The Morgan fingerprint density at radius 3 is 2.04 bits per heavy atom. The molecule has 0 radical (unpaired) electrons. The van der Waals surface area contributed by atoms with Crippen molar-refractivity contribution in [3.8, 4) is 11.1 Å². The van der Waals surface area contributed by atoms with Crippen LogP contribution in [-0.2, 0) is 34.4 Å². The zero-order valence-electron chi connectivity index (χ0n) is 26.2. The van der Waals surface area contributed by atoms with Gasteiger partial charge in [-0.1, -0.05) is 74.1 Å². The molecule has 250 valence electrons. The number of carbonyl (C=O) groups excluding carboxylic acids is 1. The Kier molecular flexibility index (Phi) is 12.8. The number of rotatable bonds is 15. The molecular weight excluding hydrogens is 653 g/mol. The van der Waals surface area contributed by atoms with Gasteiger partial charge in [0.1, 0.15) is 18.2 Å². The summed E-state index contributed by atoms with van der Waals surface area (Å²) in [6.45, 7) is 7.11. The molecule has 3 aromatic carbocycles. The predicted molar refractivity (Wildman–Crippen MR) is 177 cm³/mol. The minimum Gasteiger partial charge on any atom is -0.611 e. The Balaban J connectivity index is 1.67. The highest BCUT2D eigenvalue weighted by Crippen LogP contribution is 2.31. The molecule has 0 aliphatic rings. The van der Waals surface area contributed by atoms with Crippen LogP contribution in [0.2, 0.25) is 0 Å². The second-order valence-electron chi connectivity index (χ2n) is 10.8. The van der Waals surface area contributed by atoms with Gasteiger partial charge in [-0.15, -0.1) is 0 Å². The topological polar surface area (TPSA) is 81.5 Å². The summed E-state index contributed by atoms with van der Waals surface area (Å²) in [4.78, 5) is 34.1. The fourth-order valence-corrected chi connectivity index (χ4v) is 6.49. The van der Waals surface area contributed by atoms with Gasteiger partial charge in [0.2, 0.25) is 4.90 Å². The van der Waals surface area contributed by atoms with Gasteiger partial charge >= 0.3 is 11.7 Å². The summed E-state index contributed by atoms with van der Waals surface area (Å²) in [5.74, 6) is -0.0293. The Morgan fingerprint density at radius 1 is 0.936 bits per heavy atom. The number of hydrogen-bond acceptors (Lipinski definition) is 7. The first-order valence-corrected chi connectivity index (χ1v) is 17.5. The molecule has 0 bridgehead atoms. The van der Waals surface area contributed by atoms with Crippen LogP contribution >= 0.6 is 11.8 Å². The average Bonchev–Trinajstić information content (AvgIpc) is 3.05. The average molecular weight is 689 g/mol. The Hall–Kier alpha value is -3.49. The molecule has 1 aromatic heterocycles. The van der Waals surface area contributed by atoms with E-state index in [1.807, 2.05) is 43.0 Å². The van der Waals surface area contributed by atoms with Crippen molar-refractivity contribution in [2.24, 2.45) is 0 Å². The van der Waals surface area contributed by atoms with E-state index in [0.717, 1.165) is 48.2 Å². The third kappa shape index (κ3) is 9.77. The molecule has 2 unspecified atom stereocenters. The highest BCUT2D eigenvalue weighted by Gasteiger charge is 2.30. The zero-order valence-corrected chi connectivity index (χ0v) is 27.9. The van der Waals surface area contributed by atoms with E-state index in [0.29, 0.717) is 31.0 Å². The van der Waals surface area contributed by atoms with Crippen molar-refractivity contribution in [3.05, 3.63) is 112 Å². The number of halogens is 4. The van der Waals surface area contributed by atoms with Gasteiger partial charge in [0, 0.05) is 25.4 Å². The maximum Gasteiger partial charge on any atom is 0.416 e. The van der Waals surface area contributed by atoms with Crippen LogP contribution in [0, 0.1) is 5.82 Å². The van der Waals surface area contributed by atoms with Crippen LogP contribution in [0.15, 0.2) is 93.8 Å². The van der Waals surface area contributed by atoms with Gasteiger partial charge in [-0.2, -0.15) is 18.2 Å². The summed E-state index contributed by atoms with van der Waals surface area (Å²) in [5.41, 5.74) is 1.64. The molecule has 0 saturated heterocycles. The fourth-order valence-electron chi connectivity index (χ4n) is 4.99. The number of likely N-dealkylation sites (N-methyl/N-ethyl adjacent to an activating group) is 1. The molecule has 13 heteroatoms. The van der Waals surface area contributed by atoms with E-state index in [2.05, 4.69) is 9.88 Å². The lowest BCUT2D eigenvalue weighted by molar-refractivity contribution is -0.137. The van der Waals surface area contributed by atoms with E-state index in [9.17, 15) is 31.7 Å². The van der Waals surface area contributed by atoms with Crippen molar-refractivity contribution in [1.82, 2.24) is 19.4 Å². The van der Waals surface area contributed by atoms with Gasteiger partial charge in [0.25, 0.3) is 0 Å². The van der Waals surface area contributed by atoms with Crippen LogP contribution in [-0.4, -0.2) is 62.6 Å². The van der Waals surface area contributed by atoms with Crippen LogP contribution < -0.4 is 5.56 Å². The molecule has 0 N–H and O–H groups in total. The van der Waals surface area contributed by atoms with E-state index >= 15 is 0 Å². The molecule has 0 saturated carbocycles. The second kappa shape index (κ2) is 16.6. The largest absolute Gasteiger partial charge is 0.611 e. The molecule has 4 aromatic rings. The Labute approximate surface area is 278 Å². The zero-order chi connectivity index (χ0) is 34.1. The number of alkyl halides is 3. The number of carbonyl (C=O) groups is 1. The first-order valence-electron chi connectivity index (χ1n) is 15.0. The van der Waals surface area contributed by atoms with Crippen LogP contribution in [0.5, 0.6) is 0 Å². The summed E-state index contributed by atoms with van der Waals surface area (Å²) in [5, 5.41) is 0.246. The highest BCUT2D eigenvalue weighted by atomic mass is 32.2. The number of benzene rings is 3. The summed E-state index contributed by atoms with van der Waals surface area (Å²) in [6.07, 6.45) is -1.78. The maximum atomic E-state index is 13.5. The lowest BCUT2D eigenvalue weighted by atomic mass is 10.0. The number of nitrogens with zero attached hydrogens (tertiary/aromatic N) is 4. The lowest BCUT2D eigenvalue weighted by Gasteiger charge is -2.32. The van der Waals surface area contributed by atoms with E-state index < -0.39 is 34.6 Å². The van der Waals surface area contributed by atoms with Gasteiger partial charge < -0.3 is 9.45 Å². The van der Waals surface area contributed by atoms with Crippen LogP contribution in [0.25, 0.3) is 11.1 Å². The molecule has 2 atom stereocenters. The molecule has 0 fully saturated rings. The third-order valence-corrected chi connectivity index (χ3v) is 9.68. The fraction of sp³-hybridized carbons (Fsp3) is 0.324. The SMILES string of the molecule is CCN(CC)CCN(Cc1ccc(-c2ccc(C(F)(F)F)cc2)cc1)C(C=O)n1cc([S+](C)[O-])c(=O)nc1SCc1ccc(F)cc1. The normalized spacial score (nSPS) is 13.2. The van der Waals surface area contributed by atoms with E-state index in [1.165, 1.54) is 48.5 Å². The molecule has 1 heterocycles. The number of hydrogen-bond donors (Lipinski definition) is 0. The quantitative estimate of drug-likeness (QED) is 0.0456. The highest BCUT2D eigenvalue weighted by molar-refractivity contribution is 7.98. The summed E-state index contributed by atoms with van der Waals surface area (Å²) in [6, 6.07) is 18.3. The summed E-state index contributed by atoms with van der Waals surface area (Å²) in [7, 11) is 0. The Morgan fingerprint density at radius 2 is 1.51 bits per heavy atom. The van der Waals surface area contributed by atoms with Gasteiger partial charge in [-0.05, 0) is 70.8 Å². The van der Waals surface area contributed by atoms with Crippen molar-refractivity contribution in [2.45, 2.75) is 48.5 Å². The van der Waals surface area contributed by atoms with Crippen molar-refractivity contribution >= 4 is 29.2 Å². The number of aldehydes is 1. The van der Waals surface area contributed by atoms with Gasteiger partial charge in [0.15, 0.2) is 11.4 Å². The number of aromatic nitrogens is 2. The monoisotopic (exact) mass is 688 g/mol. The Bertz CT molecular complexity index is 1660. The van der Waals surface area contributed by atoms with Crippen molar-refractivity contribution in [3.63, 3.8) is 0 Å². The summed E-state index contributed by atoms with van der Waals surface area (Å²) >= 11 is -0.457. The van der Waals surface area contributed by atoms with E-state index in [4.69, 9.17) is 0 Å². The molecule has 0 aliphatic heterocycles. The summed E-state index contributed by atoms with van der Waals surface area (Å²) < 4.78 is 66.6. The van der Waals surface area contributed by atoms with Crippen molar-refractivity contribution in [1.29, 1.82) is 0 Å².